The number of urea groups is 1. The monoisotopic (exact) mass is 240 g/mol. The molecule has 0 aliphatic heterocycles. The number of carbonyl (C=O) groups is 2. The molecule has 7 heteroatoms. The fourth-order valence-electron chi connectivity index (χ4n) is 1.18. The molecule has 1 atom stereocenters. The van der Waals surface area contributed by atoms with Gasteiger partial charge in [-0.3, -0.25) is 9.48 Å². The number of aliphatic carboxylic acids is 1. The largest absolute Gasteiger partial charge is 0.480 e. The summed E-state index contributed by atoms with van der Waals surface area (Å²) < 4.78 is 1.70. The summed E-state index contributed by atoms with van der Waals surface area (Å²) in [6, 6.07) is -1.40. The zero-order chi connectivity index (χ0) is 12.8. The van der Waals surface area contributed by atoms with Crippen LogP contribution in [0.25, 0.3) is 0 Å². The van der Waals surface area contributed by atoms with Crippen LogP contribution < -0.4 is 10.6 Å². The predicted molar refractivity (Wildman–Crippen MR) is 60.6 cm³/mol. The number of carbonyl (C=O) groups excluding carboxylic acids is 1. The highest BCUT2D eigenvalue weighted by Gasteiger charge is 2.12. The summed E-state index contributed by atoms with van der Waals surface area (Å²) in [7, 11) is 0. The quantitative estimate of drug-likeness (QED) is 0.673. The second-order valence-corrected chi connectivity index (χ2v) is 3.74. The van der Waals surface area contributed by atoms with Gasteiger partial charge in [0.05, 0.1) is 12.7 Å². The Kier molecular flexibility index (Phi) is 4.50. The van der Waals surface area contributed by atoms with Crippen LogP contribution in [0.5, 0.6) is 0 Å². The van der Waals surface area contributed by atoms with Gasteiger partial charge in [0.15, 0.2) is 0 Å². The van der Waals surface area contributed by atoms with Crippen molar-refractivity contribution in [2.75, 3.05) is 6.54 Å². The molecule has 1 aromatic rings. The second kappa shape index (κ2) is 5.88. The first-order valence-electron chi connectivity index (χ1n) is 5.25. The van der Waals surface area contributed by atoms with E-state index in [-0.39, 0.29) is 0 Å². The van der Waals surface area contributed by atoms with Crippen molar-refractivity contribution in [3.8, 4) is 0 Å². The first kappa shape index (κ1) is 13.0. The smallest absolute Gasteiger partial charge is 0.325 e. The number of nitrogens with one attached hydrogen (secondary N) is 2. The molecule has 0 unspecified atom stereocenters. The predicted octanol–water partition coefficient (Wildman–Crippen LogP) is -0.0362. The summed E-state index contributed by atoms with van der Waals surface area (Å²) in [5.74, 6) is -1.07. The number of aryl methyl sites for hydroxylation is 1. The van der Waals surface area contributed by atoms with Gasteiger partial charge in [-0.25, -0.2) is 4.79 Å². The first-order valence-corrected chi connectivity index (χ1v) is 5.25. The average molecular weight is 240 g/mol. The lowest BCUT2D eigenvalue weighted by atomic mass is 10.3. The van der Waals surface area contributed by atoms with Crippen LogP contribution in [-0.4, -0.2) is 39.5 Å². The van der Waals surface area contributed by atoms with E-state index in [2.05, 4.69) is 15.7 Å². The maximum absolute atomic E-state index is 11.2. The van der Waals surface area contributed by atoms with Crippen LogP contribution in [0.1, 0.15) is 12.5 Å². The molecule has 0 fully saturated rings. The average Bonchev–Trinajstić information content (AvgIpc) is 2.64. The SMILES string of the molecule is Cc1cnn(CCNC(=O)N[C@H](C)C(=O)O)c1. The maximum atomic E-state index is 11.2. The molecule has 1 rings (SSSR count). The van der Waals surface area contributed by atoms with Gasteiger partial charge in [0.25, 0.3) is 0 Å². The van der Waals surface area contributed by atoms with Crippen molar-refractivity contribution in [1.82, 2.24) is 20.4 Å². The lowest BCUT2D eigenvalue weighted by Crippen LogP contribution is -2.45. The van der Waals surface area contributed by atoms with E-state index >= 15 is 0 Å². The van der Waals surface area contributed by atoms with E-state index in [4.69, 9.17) is 5.11 Å². The van der Waals surface area contributed by atoms with Crippen molar-refractivity contribution in [3.05, 3.63) is 18.0 Å². The molecular weight excluding hydrogens is 224 g/mol. The molecule has 0 aliphatic rings. The highest BCUT2D eigenvalue weighted by molar-refractivity contribution is 5.82. The Bertz CT molecular complexity index is 402. The summed E-state index contributed by atoms with van der Waals surface area (Å²) in [4.78, 5) is 21.7. The molecule has 0 saturated carbocycles. The lowest BCUT2D eigenvalue weighted by Gasteiger charge is -2.10. The number of nitrogens with zero attached hydrogens (tertiary/aromatic N) is 2. The number of carboxylic acids is 1. The fraction of sp³-hybridized carbons (Fsp3) is 0.500. The standard InChI is InChI=1S/C10H16N4O3/c1-7-5-12-14(6-7)4-3-11-10(17)13-8(2)9(15)16/h5-6,8H,3-4H2,1-2H3,(H,15,16)(H2,11,13,17)/t8-/m1/s1. The molecule has 7 nitrogen and oxygen atoms in total. The number of rotatable bonds is 5. The second-order valence-electron chi connectivity index (χ2n) is 3.74. The molecule has 94 valence electrons. The molecule has 17 heavy (non-hydrogen) atoms. The van der Waals surface area contributed by atoms with Gasteiger partial charge in [0.2, 0.25) is 0 Å². The topological polar surface area (TPSA) is 96.3 Å². The number of carboxylic acid groups (broad SMARTS) is 1. The van der Waals surface area contributed by atoms with Gasteiger partial charge in [0.1, 0.15) is 6.04 Å². The molecule has 0 aliphatic carbocycles. The van der Waals surface area contributed by atoms with Gasteiger partial charge in [-0.05, 0) is 19.4 Å². The van der Waals surface area contributed by atoms with Crippen LogP contribution in [0.4, 0.5) is 4.79 Å². The molecule has 3 N–H and O–H groups in total. The van der Waals surface area contributed by atoms with E-state index in [1.807, 2.05) is 13.1 Å². The minimum Gasteiger partial charge on any atom is -0.480 e. The van der Waals surface area contributed by atoms with Crippen LogP contribution in [0.2, 0.25) is 0 Å². The zero-order valence-corrected chi connectivity index (χ0v) is 9.80. The minimum absolute atomic E-state index is 0.388. The summed E-state index contributed by atoms with van der Waals surface area (Å²) in [5.41, 5.74) is 1.05. The number of hydrogen-bond donors (Lipinski definition) is 3. The maximum Gasteiger partial charge on any atom is 0.325 e. The first-order chi connectivity index (χ1) is 7.99. The van der Waals surface area contributed by atoms with Crippen LogP contribution >= 0.6 is 0 Å². The zero-order valence-electron chi connectivity index (χ0n) is 9.80. The third-order valence-corrected chi connectivity index (χ3v) is 2.11. The lowest BCUT2D eigenvalue weighted by molar-refractivity contribution is -0.138. The van der Waals surface area contributed by atoms with E-state index in [1.165, 1.54) is 6.92 Å². The molecule has 1 heterocycles. The minimum atomic E-state index is -1.07. The van der Waals surface area contributed by atoms with Gasteiger partial charge in [-0.1, -0.05) is 0 Å². The van der Waals surface area contributed by atoms with Gasteiger partial charge in [-0.2, -0.15) is 5.10 Å². The number of hydrogen-bond acceptors (Lipinski definition) is 3. The molecule has 0 bridgehead atoms. The van der Waals surface area contributed by atoms with Crippen LogP contribution in [0.3, 0.4) is 0 Å². The van der Waals surface area contributed by atoms with Crippen molar-refractivity contribution >= 4 is 12.0 Å². The number of amides is 2. The van der Waals surface area contributed by atoms with Gasteiger partial charge >= 0.3 is 12.0 Å². The van der Waals surface area contributed by atoms with Crippen molar-refractivity contribution in [1.29, 1.82) is 0 Å². The molecule has 0 saturated heterocycles. The Labute approximate surface area is 98.8 Å². The molecule has 0 spiro atoms. The van der Waals surface area contributed by atoms with E-state index < -0.39 is 18.0 Å². The van der Waals surface area contributed by atoms with Crippen molar-refractivity contribution < 1.29 is 14.7 Å². The highest BCUT2D eigenvalue weighted by Crippen LogP contribution is 1.92. The Hall–Kier alpha value is -2.05. The third-order valence-electron chi connectivity index (χ3n) is 2.11. The van der Waals surface area contributed by atoms with Crippen LogP contribution in [0, 0.1) is 6.92 Å². The molecule has 1 aromatic heterocycles. The Balaban J connectivity index is 2.22. The highest BCUT2D eigenvalue weighted by atomic mass is 16.4. The summed E-state index contributed by atoms with van der Waals surface area (Å²) in [6.45, 7) is 4.26. The number of aromatic nitrogens is 2. The summed E-state index contributed by atoms with van der Waals surface area (Å²) >= 11 is 0. The fourth-order valence-corrected chi connectivity index (χ4v) is 1.18. The van der Waals surface area contributed by atoms with Gasteiger partial charge in [-0.15, -0.1) is 0 Å². The molecule has 0 aromatic carbocycles. The van der Waals surface area contributed by atoms with Crippen LogP contribution in [-0.2, 0) is 11.3 Å². The molecule has 0 radical (unpaired) electrons. The Morgan fingerprint density at radius 3 is 2.82 bits per heavy atom. The van der Waals surface area contributed by atoms with E-state index in [9.17, 15) is 9.59 Å². The third kappa shape index (κ3) is 4.54. The van der Waals surface area contributed by atoms with Crippen molar-refractivity contribution in [2.24, 2.45) is 0 Å². The molecule has 2 amide bonds. The Morgan fingerprint density at radius 2 is 2.29 bits per heavy atom. The van der Waals surface area contributed by atoms with Crippen LogP contribution in [0.15, 0.2) is 12.4 Å². The van der Waals surface area contributed by atoms with E-state index in [0.717, 1.165) is 5.56 Å². The summed E-state index contributed by atoms with van der Waals surface area (Å²) in [5, 5.41) is 17.5. The van der Waals surface area contributed by atoms with Crippen molar-refractivity contribution in [3.63, 3.8) is 0 Å². The van der Waals surface area contributed by atoms with Gasteiger partial charge < -0.3 is 15.7 Å². The van der Waals surface area contributed by atoms with E-state index in [1.54, 1.807) is 10.9 Å². The molecular formula is C10H16N4O3. The van der Waals surface area contributed by atoms with Crippen molar-refractivity contribution in [2.45, 2.75) is 26.4 Å². The normalized spacial score (nSPS) is 11.9. The Morgan fingerprint density at radius 1 is 1.59 bits per heavy atom. The van der Waals surface area contributed by atoms with Gasteiger partial charge in [0, 0.05) is 12.7 Å². The summed E-state index contributed by atoms with van der Waals surface area (Å²) in [6.07, 6.45) is 3.59. The van der Waals surface area contributed by atoms with E-state index in [0.29, 0.717) is 13.1 Å².